The van der Waals surface area contributed by atoms with Crippen molar-refractivity contribution in [1.29, 1.82) is 5.26 Å². The molecule has 1 fully saturated rings. The number of nitrogens with zero attached hydrogens (tertiary/aromatic N) is 2. The van der Waals surface area contributed by atoms with E-state index >= 15 is 0 Å². The summed E-state index contributed by atoms with van der Waals surface area (Å²) in [6.07, 6.45) is 5.17. The van der Waals surface area contributed by atoms with Gasteiger partial charge in [-0.05, 0) is 50.1 Å². The van der Waals surface area contributed by atoms with Crippen LogP contribution in [0.3, 0.4) is 0 Å². The molecule has 0 saturated heterocycles. The Labute approximate surface area is 146 Å². The molecule has 3 rings (SSSR count). The summed E-state index contributed by atoms with van der Waals surface area (Å²) >= 11 is 1.56. The molecule has 0 aromatic carbocycles. The van der Waals surface area contributed by atoms with E-state index in [1.165, 1.54) is 7.05 Å². The smallest absolute Gasteiger partial charge is 0.211 e. The van der Waals surface area contributed by atoms with Crippen molar-refractivity contribution in [2.24, 2.45) is 5.92 Å². The van der Waals surface area contributed by atoms with Gasteiger partial charge in [-0.25, -0.2) is 18.1 Å². The highest BCUT2D eigenvalue weighted by molar-refractivity contribution is 7.89. The molecule has 2 N–H and O–H groups in total. The summed E-state index contributed by atoms with van der Waals surface area (Å²) in [7, 11) is -1.69. The molecular weight excluding hydrogens is 344 g/mol. The number of nitrogens with one attached hydrogen (secondary N) is 2. The van der Waals surface area contributed by atoms with Crippen molar-refractivity contribution < 1.29 is 8.42 Å². The summed E-state index contributed by atoms with van der Waals surface area (Å²) < 4.78 is 25.7. The van der Waals surface area contributed by atoms with Gasteiger partial charge in [-0.2, -0.15) is 5.26 Å². The summed E-state index contributed by atoms with van der Waals surface area (Å²) in [5.41, 5.74) is 1.41. The molecule has 0 aliphatic heterocycles. The predicted octanol–water partition coefficient (Wildman–Crippen LogP) is 2.69. The van der Waals surface area contributed by atoms with E-state index in [2.05, 4.69) is 21.1 Å². The van der Waals surface area contributed by atoms with Crippen molar-refractivity contribution in [3.8, 4) is 6.07 Å². The van der Waals surface area contributed by atoms with E-state index in [1.54, 1.807) is 17.5 Å². The third kappa shape index (κ3) is 3.69. The molecule has 1 saturated carbocycles. The molecule has 2 aromatic rings. The van der Waals surface area contributed by atoms with Crippen molar-refractivity contribution >= 4 is 37.3 Å². The number of rotatable bonds is 5. The first-order chi connectivity index (χ1) is 11.5. The van der Waals surface area contributed by atoms with Gasteiger partial charge in [-0.1, -0.05) is 0 Å². The van der Waals surface area contributed by atoms with Gasteiger partial charge >= 0.3 is 0 Å². The van der Waals surface area contributed by atoms with Crippen LogP contribution < -0.4 is 10.0 Å². The second-order valence-electron chi connectivity index (χ2n) is 6.15. The lowest BCUT2D eigenvalue weighted by Crippen LogP contribution is -2.32. The SMILES string of the molecule is CNS(=O)(=O)C[C@H]1CC[C@H](Nc2c(C#N)cnc3sccc23)CC1. The maximum absolute atomic E-state index is 11.7. The molecule has 128 valence electrons. The first-order valence-corrected chi connectivity index (χ1v) is 10.5. The number of nitriles is 1. The minimum Gasteiger partial charge on any atom is -0.381 e. The molecule has 0 spiro atoms. The number of aromatic nitrogens is 1. The molecule has 1 aliphatic rings. The van der Waals surface area contributed by atoms with Gasteiger partial charge in [0.1, 0.15) is 10.9 Å². The lowest BCUT2D eigenvalue weighted by molar-refractivity contribution is 0.361. The quantitative estimate of drug-likeness (QED) is 0.850. The molecule has 1 aliphatic carbocycles. The second kappa shape index (κ2) is 7.05. The number of anilines is 1. The highest BCUT2D eigenvalue weighted by atomic mass is 32.2. The number of fused-ring (bicyclic) bond motifs is 1. The van der Waals surface area contributed by atoms with E-state index in [4.69, 9.17) is 0 Å². The van der Waals surface area contributed by atoms with Crippen LogP contribution in [0.2, 0.25) is 0 Å². The Balaban J connectivity index is 1.69. The molecule has 2 aromatic heterocycles. The summed E-state index contributed by atoms with van der Waals surface area (Å²) in [4.78, 5) is 5.23. The molecule has 6 nitrogen and oxygen atoms in total. The maximum Gasteiger partial charge on any atom is 0.211 e. The van der Waals surface area contributed by atoms with Crippen LogP contribution in [0.25, 0.3) is 10.2 Å². The predicted molar refractivity (Wildman–Crippen MR) is 96.6 cm³/mol. The summed E-state index contributed by atoms with van der Waals surface area (Å²) in [6.45, 7) is 0. The van der Waals surface area contributed by atoms with Gasteiger partial charge < -0.3 is 5.32 Å². The Morgan fingerprint density at radius 1 is 1.38 bits per heavy atom. The monoisotopic (exact) mass is 364 g/mol. The van der Waals surface area contributed by atoms with Gasteiger partial charge in [0.15, 0.2) is 0 Å². The van der Waals surface area contributed by atoms with Crippen LogP contribution in [0.5, 0.6) is 0 Å². The molecule has 24 heavy (non-hydrogen) atoms. The largest absolute Gasteiger partial charge is 0.381 e. The van der Waals surface area contributed by atoms with E-state index in [0.29, 0.717) is 5.56 Å². The number of thiophene rings is 1. The van der Waals surface area contributed by atoms with E-state index in [1.807, 2.05) is 11.4 Å². The zero-order valence-corrected chi connectivity index (χ0v) is 15.1. The van der Waals surface area contributed by atoms with Crippen LogP contribution in [0.4, 0.5) is 5.69 Å². The lowest BCUT2D eigenvalue weighted by atomic mass is 9.87. The number of sulfonamides is 1. The number of hydrogen-bond acceptors (Lipinski definition) is 6. The van der Waals surface area contributed by atoms with E-state index in [-0.39, 0.29) is 17.7 Å². The molecule has 0 bridgehead atoms. The number of pyridine rings is 1. The fraction of sp³-hybridized carbons (Fsp3) is 0.500. The zero-order valence-electron chi connectivity index (χ0n) is 13.4. The first-order valence-electron chi connectivity index (χ1n) is 7.96. The van der Waals surface area contributed by atoms with Crippen LogP contribution in [0.1, 0.15) is 31.2 Å². The molecule has 0 unspecified atom stereocenters. The summed E-state index contributed by atoms with van der Waals surface area (Å²) in [5, 5.41) is 15.8. The fourth-order valence-electron chi connectivity index (χ4n) is 3.24. The second-order valence-corrected chi connectivity index (χ2v) is 9.01. The first kappa shape index (κ1) is 17.1. The molecule has 0 atom stereocenters. The van der Waals surface area contributed by atoms with Crippen molar-refractivity contribution in [2.75, 3.05) is 18.1 Å². The van der Waals surface area contributed by atoms with Gasteiger partial charge in [0.25, 0.3) is 0 Å². The van der Waals surface area contributed by atoms with Gasteiger partial charge in [0.2, 0.25) is 10.0 Å². The third-order valence-electron chi connectivity index (χ3n) is 4.58. The average molecular weight is 364 g/mol. The maximum atomic E-state index is 11.7. The molecule has 0 amide bonds. The Bertz CT molecular complexity index is 862. The van der Waals surface area contributed by atoms with Crippen molar-refractivity contribution in [3.63, 3.8) is 0 Å². The van der Waals surface area contributed by atoms with Crippen molar-refractivity contribution in [2.45, 2.75) is 31.7 Å². The minimum absolute atomic E-state index is 0.198. The standard InChI is InChI=1S/C16H20N4O2S2/c1-18-24(21,22)10-11-2-4-13(5-3-11)20-15-12(8-17)9-19-16-14(15)6-7-23-16/h6-7,9,11,13,18H,2-5,10H2,1H3,(H,19,20)/t11-,13-. The van der Waals surface area contributed by atoms with E-state index < -0.39 is 10.0 Å². The third-order valence-corrected chi connectivity index (χ3v) is 6.93. The molecular formula is C16H20N4O2S2. The molecule has 8 heteroatoms. The molecule has 2 heterocycles. The van der Waals surface area contributed by atoms with E-state index in [0.717, 1.165) is 41.6 Å². The van der Waals surface area contributed by atoms with Crippen molar-refractivity contribution in [1.82, 2.24) is 9.71 Å². The Kier molecular flexibility index (Phi) is 5.04. The van der Waals surface area contributed by atoms with E-state index in [9.17, 15) is 13.7 Å². The van der Waals surface area contributed by atoms with Gasteiger partial charge in [0.05, 0.1) is 17.0 Å². The topological polar surface area (TPSA) is 94.9 Å². The summed E-state index contributed by atoms with van der Waals surface area (Å²) in [6, 6.07) is 4.45. The van der Waals surface area contributed by atoms with Crippen LogP contribution in [-0.2, 0) is 10.0 Å². The average Bonchev–Trinajstić information content (AvgIpc) is 3.05. The van der Waals surface area contributed by atoms with Gasteiger partial charge in [-0.15, -0.1) is 11.3 Å². The minimum atomic E-state index is -3.15. The van der Waals surface area contributed by atoms with Crippen LogP contribution in [0, 0.1) is 17.2 Å². The van der Waals surface area contributed by atoms with Crippen molar-refractivity contribution in [3.05, 3.63) is 23.2 Å². The Morgan fingerprint density at radius 2 is 2.12 bits per heavy atom. The van der Waals surface area contributed by atoms with Crippen LogP contribution in [0.15, 0.2) is 17.6 Å². The highest BCUT2D eigenvalue weighted by Crippen LogP contribution is 2.33. The summed E-state index contributed by atoms with van der Waals surface area (Å²) in [5.74, 6) is 0.401. The Hall–Kier alpha value is -1.69. The lowest BCUT2D eigenvalue weighted by Gasteiger charge is -2.30. The highest BCUT2D eigenvalue weighted by Gasteiger charge is 2.25. The molecule has 0 radical (unpaired) electrons. The zero-order chi connectivity index (χ0) is 17.2. The van der Waals surface area contributed by atoms with Crippen LogP contribution in [-0.4, -0.2) is 32.2 Å². The van der Waals surface area contributed by atoms with Gasteiger partial charge in [0, 0.05) is 17.6 Å². The van der Waals surface area contributed by atoms with Crippen LogP contribution >= 0.6 is 11.3 Å². The number of hydrogen-bond donors (Lipinski definition) is 2. The Morgan fingerprint density at radius 3 is 2.79 bits per heavy atom. The van der Waals surface area contributed by atoms with Gasteiger partial charge in [-0.3, -0.25) is 0 Å². The fourth-order valence-corrected chi connectivity index (χ4v) is 5.10. The normalized spacial score (nSPS) is 21.5.